The van der Waals surface area contributed by atoms with Crippen molar-refractivity contribution in [3.05, 3.63) is 26.7 Å². The van der Waals surface area contributed by atoms with Gasteiger partial charge in [-0.1, -0.05) is 0 Å². The zero-order chi connectivity index (χ0) is 13.3. The molecule has 0 saturated carbocycles. The SMILES string of the molecule is CC(=O)c1cc2c(c([N+](=O)[O-])c1N=O)OCCO2. The maximum absolute atomic E-state index is 11.4. The second kappa shape index (κ2) is 4.40. The van der Waals surface area contributed by atoms with Gasteiger partial charge >= 0.3 is 5.69 Å². The topological polar surface area (TPSA) is 108 Å². The van der Waals surface area contributed by atoms with Crippen LogP contribution in [-0.4, -0.2) is 23.9 Å². The molecule has 0 atom stereocenters. The number of carbonyl (C=O) groups excluding carboxylic acids is 1. The van der Waals surface area contributed by atoms with Crippen molar-refractivity contribution in [1.29, 1.82) is 0 Å². The van der Waals surface area contributed by atoms with Crippen LogP contribution in [0.1, 0.15) is 17.3 Å². The third kappa shape index (κ3) is 1.77. The minimum atomic E-state index is -0.809. The van der Waals surface area contributed by atoms with Gasteiger partial charge in [0, 0.05) is 0 Å². The molecular weight excluding hydrogens is 244 g/mol. The molecule has 0 radical (unpaired) electrons. The van der Waals surface area contributed by atoms with Crippen molar-refractivity contribution in [3.8, 4) is 11.5 Å². The van der Waals surface area contributed by atoms with Crippen molar-refractivity contribution in [2.24, 2.45) is 5.18 Å². The van der Waals surface area contributed by atoms with E-state index in [0.29, 0.717) is 0 Å². The molecule has 8 heteroatoms. The van der Waals surface area contributed by atoms with E-state index in [-0.39, 0.29) is 30.3 Å². The number of ketones is 1. The molecule has 1 aromatic rings. The lowest BCUT2D eigenvalue weighted by Crippen LogP contribution is -2.17. The van der Waals surface area contributed by atoms with E-state index >= 15 is 0 Å². The van der Waals surface area contributed by atoms with Crippen molar-refractivity contribution < 1.29 is 19.2 Å². The molecule has 0 spiro atoms. The van der Waals surface area contributed by atoms with Crippen LogP contribution in [0.5, 0.6) is 11.5 Å². The Kier molecular flexibility index (Phi) is 2.92. The lowest BCUT2D eigenvalue weighted by molar-refractivity contribution is -0.385. The van der Waals surface area contributed by atoms with Gasteiger partial charge in [0.1, 0.15) is 13.2 Å². The lowest BCUT2D eigenvalue weighted by Gasteiger charge is -2.19. The number of fused-ring (bicyclic) bond motifs is 1. The fourth-order valence-corrected chi connectivity index (χ4v) is 1.69. The summed E-state index contributed by atoms with van der Waals surface area (Å²) >= 11 is 0. The smallest absolute Gasteiger partial charge is 0.344 e. The monoisotopic (exact) mass is 252 g/mol. The standard InChI is InChI=1S/C10H8N2O6/c1-5(13)6-4-7-10(18-3-2-17-7)9(12(15)16)8(6)11-14/h4H,2-3H2,1H3. The second-order valence-corrected chi connectivity index (χ2v) is 3.55. The van der Waals surface area contributed by atoms with Crippen molar-refractivity contribution in [3.63, 3.8) is 0 Å². The van der Waals surface area contributed by atoms with Crippen molar-refractivity contribution in [2.75, 3.05) is 13.2 Å². The van der Waals surface area contributed by atoms with Crippen molar-refractivity contribution >= 4 is 17.2 Å². The molecule has 2 rings (SSSR count). The predicted octanol–water partition coefficient (Wildman–Crippen LogP) is 1.97. The number of nitro groups is 1. The summed E-state index contributed by atoms with van der Waals surface area (Å²) in [5, 5.41) is 13.6. The summed E-state index contributed by atoms with van der Waals surface area (Å²) in [5.74, 6) is -0.596. The average Bonchev–Trinajstić information content (AvgIpc) is 2.35. The Labute approximate surface area is 101 Å². The van der Waals surface area contributed by atoms with Gasteiger partial charge in [-0.05, 0) is 18.2 Å². The van der Waals surface area contributed by atoms with Crippen LogP contribution in [0, 0.1) is 15.0 Å². The molecule has 0 aliphatic carbocycles. The molecule has 0 N–H and O–H groups in total. The average molecular weight is 252 g/mol. The van der Waals surface area contributed by atoms with E-state index in [1.54, 1.807) is 0 Å². The molecular formula is C10H8N2O6. The van der Waals surface area contributed by atoms with E-state index in [9.17, 15) is 19.8 Å². The number of nitroso groups, excluding NO2 is 1. The fraction of sp³-hybridized carbons (Fsp3) is 0.300. The third-order valence-electron chi connectivity index (χ3n) is 2.43. The van der Waals surface area contributed by atoms with Crippen LogP contribution < -0.4 is 9.47 Å². The van der Waals surface area contributed by atoms with Crippen LogP contribution in [0.2, 0.25) is 0 Å². The van der Waals surface area contributed by atoms with Gasteiger partial charge in [0.2, 0.25) is 5.75 Å². The van der Waals surface area contributed by atoms with Crippen LogP contribution >= 0.6 is 0 Å². The fourth-order valence-electron chi connectivity index (χ4n) is 1.69. The van der Waals surface area contributed by atoms with E-state index in [1.165, 1.54) is 13.0 Å². The molecule has 1 aliphatic rings. The minimum absolute atomic E-state index is 0.0746. The van der Waals surface area contributed by atoms with Crippen LogP contribution in [0.25, 0.3) is 0 Å². The normalized spacial score (nSPS) is 12.9. The van der Waals surface area contributed by atoms with Crippen molar-refractivity contribution in [2.45, 2.75) is 6.92 Å². The summed E-state index contributed by atoms with van der Waals surface area (Å²) in [4.78, 5) is 32.3. The first kappa shape index (κ1) is 12.0. The first-order valence-corrected chi connectivity index (χ1v) is 5.01. The Bertz CT molecular complexity index is 554. The number of benzene rings is 1. The van der Waals surface area contributed by atoms with E-state index in [0.717, 1.165) is 0 Å². The highest BCUT2D eigenvalue weighted by molar-refractivity contribution is 6.02. The Balaban J connectivity index is 2.80. The summed E-state index contributed by atoms with van der Waals surface area (Å²) in [7, 11) is 0. The predicted molar refractivity (Wildman–Crippen MR) is 59.5 cm³/mol. The highest BCUT2D eigenvalue weighted by atomic mass is 16.6. The van der Waals surface area contributed by atoms with E-state index in [4.69, 9.17) is 9.47 Å². The third-order valence-corrected chi connectivity index (χ3v) is 2.43. The number of rotatable bonds is 3. The van der Waals surface area contributed by atoms with Gasteiger partial charge in [0.25, 0.3) is 0 Å². The number of nitrogens with zero attached hydrogens (tertiary/aromatic N) is 2. The van der Waals surface area contributed by atoms with E-state index < -0.39 is 22.1 Å². The number of hydrogen-bond donors (Lipinski definition) is 0. The number of carbonyl (C=O) groups is 1. The molecule has 0 amide bonds. The maximum atomic E-state index is 11.4. The molecule has 0 bridgehead atoms. The molecule has 1 heterocycles. The van der Waals surface area contributed by atoms with Gasteiger partial charge in [0.15, 0.2) is 17.2 Å². The van der Waals surface area contributed by atoms with E-state index in [2.05, 4.69) is 5.18 Å². The van der Waals surface area contributed by atoms with Gasteiger partial charge in [-0.15, -0.1) is 4.91 Å². The summed E-state index contributed by atoms with van der Waals surface area (Å²) in [6, 6.07) is 1.24. The zero-order valence-electron chi connectivity index (χ0n) is 9.34. The molecule has 18 heavy (non-hydrogen) atoms. The molecule has 8 nitrogen and oxygen atoms in total. The number of ether oxygens (including phenoxy) is 2. The molecule has 94 valence electrons. The Morgan fingerprint density at radius 1 is 1.44 bits per heavy atom. The molecule has 0 aromatic heterocycles. The zero-order valence-corrected chi connectivity index (χ0v) is 9.34. The number of Topliss-reactive ketones (excluding diaryl/α,β-unsaturated/α-hetero) is 1. The largest absolute Gasteiger partial charge is 0.486 e. The van der Waals surface area contributed by atoms with Gasteiger partial charge in [-0.3, -0.25) is 14.9 Å². The first-order valence-electron chi connectivity index (χ1n) is 5.01. The first-order chi connectivity index (χ1) is 8.56. The van der Waals surface area contributed by atoms with Crippen LogP contribution in [0.4, 0.5) is 11.4 Å². The van der Waals surface area contributed by atoms with Gasteiger partial charge in [-0.2, -0.15) is 0 Å². The Hall–Kier alpha value is -2.51. The number of nitro benzene ring substituents is 1. The Morgan fingerprint density at radius 3 is 2.67 bits per heavy atom. The summed E-state index contributed by atoms with van der Waals surface area (Å²) in [6.45, 7) is 1.53. The van der Waals surface area contributed by atoms with Crippen LogP contribution in [0.15, 0.2) is 11.2 Å². The van der Waals surface area contributed by atoms with Gasteiger partial charge < -0.3 is 9.47 Å². The van der Waals surface area contributed by atoms with Crippen molar-refractivity contribution in [1.82, 2.24) is 0 Å². The van der Waals surface area contributed by atoms with Crippen LogP contribution in [-0.2, 0) is 0 Å². The van der Waals surface area contributed by atoms with Gasteiger partial charge in [0.05, 0.1) is 10.5 Å². The Morgan fingerprint density at radius 2 is 2.11 bits per heavy atom. The van der Waals surface area contributed by atoms with Gasteiger partial charge in [-0.25, -0.2) is 0 Å². The summed E-state index contributed by atoms with van der Waals surface area (Å²) in [6.07, 6.45) is 0. The van der Waals surface area contributed by atoms with Crippen LogP contribution in [0.3, 0.4) is 0 Å². The minimum Gasteiger partial charge on any atom is -0.486 e. The highest BCUT2D eigenvalue weighted by Crippen LogP contribution is 2.47. The number of hydrogen-bond acceptors (Lipinski definition) is 7. The maximum Gasteiger partial charge on any atom is 0.344 e. The molecule has 1 aliphatic heterocycles. The molecule has 1 aromatic carbocycles. The summed E-state index contributed by atoms with van der Waals surface area (Å²) in [5.41, 5.74) is -1.31. The lowest BCUT2D eigenvalue weighted by atomic mass is 10.1. The quantitative estimate of drug-likeness (QED) is 0.352. The van der Waals surface area contributed by atoms with E-state index in [1.807, 2.05) is 0 Å². The molecule has 0 fully saturated rings. The molecule has 0 unspecified atom stereocenters. The second-order valence-electron chi connectivity index (χ2n) is 3.55. The summed E-state index contributed by atoms with van der Waals surface area (Å²) < 4.78 is 10.3. The molecule has 0 saturated heterocycles. The highest BCUT2D eigenvalue weighted by Gasteiger charge is 2.33.